The number of piperidine rings is 1. The van der Waals surface area contributed by atoms with Gasteiger partial charge in [0.15, 0.2) is 0 Å². The molecule has 2 heterocycles. The maximum absolute atomic E-state index is 12.6. The van der Waals surface area contributed by atoms with Gasteiger partial charge in [-0.3, -0.25) is 19.7 Å². The monoisotopic (exact) mass is 423 g/mol. The van der Waals surface area contributed by atoms with E-state index in [0.29, 0.717) is 33.3 Å². The predicted octanol–water partition coefficient (Wildman–Crippen LogP) is 3.10. The smallest absolute Gasteiger partial charge is 0.234 e. The van der Waals surface area contributed by atoms with Gasteiger partial charge in [-0.2, -0.15) is 0 Å². The van der Waals surface area contributed by atoms with Gasteiger partial charge in [0.1, 0.15) is 6.26 Å². The third-order valence-corrected chi connectivity index (χ3v) is 5.45. The Labute approximate surface area is 171 Å². The summed E-state index contributed by atoms with van der Waals surface area (Å²) in [6, 6.07) is 4.97. The van der Waals surface area contributed by atoms with Gasteiger partial charge in [0.2, 0.25) is 17.7 Å². The molecule has 3 amide bonds. The summed E-state index contributed by atoms with van der Waals surface area (Å²) in [6.45, 7) is 3.69. The number of halogens is 2. The Hall–Kier alpha value is -2.38. The van der Waals surface area contributed by atoms with Crippen LogP contribution in [0.3, 0.4) is 0 Å². The van der Waals surface area contributed by atoms with Crippen LogP contribution in [-0.4, -0.2) is 22.9 Å². The van der Waals surface area contributed by atoms with Crippen molar-refractivity contribution in [2.45, 2.75) is 44.6 Å². The minimum Gasteiger partial charge on any atom is -0.364 e. The van der Waals surface area contributed by atoms with Crippen molar-refractivity contribution in [3.63, 3.8) is 0 Å². The first-order chi connectivity index (χ1) is 13.2. The van der Waals surface area contributed by atoms with E-state index < -0.39 is 17.2 Å². The largest absolute Gasteiger partial charge is 0.364 e. The number of carbonyl (C=O) groups is 3. The summed E-state index contributed by atoms with van der Waals surface area (Å²) in [7, 11) is 0. The molecule has 1 fully saturated rings. The average Bonchev–Trinajstić information content (AvgIpc) is 3.16. The highest BCUT2D eigenvalue weighted by Crippen LogP contribution is 2.37. The molecule has 1 atom stereocenters. The summed E-state index contributed by atoms with van der Waals surface area (Å²) in [6.07, 6.45) is 2.00. The summed E-state index contributed by atoms with van der Waals surface area (Å²) in [4.78, 5) is 36.0. The molecule has 1 aliphatic heterocycles. The maximum atomic E-state index is 12.6. The van der Waals surface area contributed by atoms with Gasteiger partial charge in [-0.05, 0) is 38.0 Å². The summed E-state index contributed by atoms with van der Waals surface area (Å²) < 4.78 is 4.81. The molecule has 0 saturated carbocycles. The summed E-state index contributed by atoms with van der Waals surface area (Å²) in [5.41, 5.74) is 0.837. The Morgan fingerprint density at radius 3 is 2.57 bits per heavy atom. The number of carbonyl (C=O) groups excluding carboxylic acids is 3. The van der Waals surface area contributed by atoms with Gasteiger partial charge in [-0.25, -0.2) is 0 Å². The van der Waals surface area contributed by atoms with Crippen molar-refractivity contribution in [3.05, 3.63) is 51.3 Å². The van der Waals surface area contributed by atoms with Crippen LogP contribution in [0.25, 0.3) is 0 Å². The van der Waals surface area contributed by atoms with Gasteiger partial charge in [-0.1, -0.05) is 28.4 Å². The third kappa shape index (κ3) is 4.05. The minimum absolute atomic E-state index is 0.204. The van der Waals surface area contributed by atoms with Crippen LogP contribution in [0.2, 0.25) is 10.0 Å². The molecule has 1 aromatic carbocycles. The van der Waals surface area contributed by atoms with Crippen LogP contribution < -0.4 is 10.6 Å². The first-order valence-corrected chi connectivity index (χ1v) is 9.46. The van der Waals surface area contributed by atoms with Crippen LogP contribution >= 0.6 is 23.2 Å². The molecule has 1 aliphatic rings. The van der Waals surface area contributed by atoms with Gasteiger partial charge in [-0.15, -0.1) is 0 Å². The van der Waals surface area contributed by atoms with Crippen LogP contribution in [0.5, 0.6) is 0 Å². The Balaban J connectivity index is 1.73. The lowest BCUT2D eigenvalue weighted by atomic mass is 9.88. The Morgan fingerprint density at radius 1 is 1.32 bits per heavy atom. The lowest BCUT2D eigenvalue weighted by Crippen LogP contribution is -2.40. The molecule has 0 radical (unpaired) electrons. The first-order valence-electron chi connectivity index (χ1n) is 8.71. The van der Waals surface area contributed by atoms with E-state index in [9.17, 15) is 14.4 Å². The van der Waals surface area contributed by atoms with E-state index in [0.717, 1.165) is 0 Å². The second kappa shape index (κ2) is 7.93. The van der Waals surface area contributed by atoms with E-state index in [-0.39, 0.29) is 24.8 Å². The fourth-order valence-electron chi connectivity index (χ4n) is 3.10. The van der Waals surface area contributed by atoms with Gasteiger partial charge >= 0.3 is 0 Å². The fraction of sp³-hybridized carbons (Fsp3) is 0.368. The van der Waals surface area contributed by atoms with Crippen molar-refractivity contribution in [3.8, 4) is 0 Å². The molecule has 1 aromatic heterocycles. The van der Waals surface area contributed by atoms with E-state index in [1.165, 1.54) is 6.26 Å². The molecule has 9 heteroatoms. The van der Waals surface area contributed by atoms with Crippen molar-refractivity contribution in [1.82, 2.24) is 15.8 Å². The zero-order valence-electron chi connectivity index (χ0n) is 15.3. The molecule has 0 spiro atoms. The predicted molar refractivity (Wildman–Crippen MR) is 103 cm³/mol. The molecule has 7 nitrogen and oxygen atoms in total. The highest BCUT2D eigenvalue weighted by molar-refractivity contribution is 6.36. The van der Waals surface area contributed by atoms with E-state index in [1.54, 1.807) is 32.0 Å². The number of hydrogen-bond acceptors (Lipinski definition) is 5. The number of nitrogens with one attached hydrogen (secondary N) is 2. The number of aromatic nitrogens is 1. The molecule has 1 unspecified atom stereocenters. The van der Waals surface area contributed by atoms with Crippen LogP contribution in [-0.2, 0) is 26.3 Å². The number of benzene rings is 1. The molecule has 0 bridgehead atoms. The third-order valence-electron chi connectivity index (χ3n) is 4.83. The molecule has 3 rings (SSSR count). The van der Waals surface area contributed by atoms with Crippen LogP contribution in [0.4, 0.5) is 0 Å². The average molecular weight is 424 g/mol. The fourth-order valence-corrected chi connectivity index (χ4v) is 3.89. The van der Waals surface area contributed by atoms with E-state index in [2.05, 4.69) is 15.8 Å². The molecule has 28 heavy (non-hydrogen) atoms. The number of imide groups is 1. The van der Waals surface area contributed by atoms with Crippen molar-refractivity contribution < 1.29 is 18.9 Å². The molecule has 0 aliphatic carbocycles. The van der Waals surface area contributed by atoms with Crippen LogP contribution in [0.15, 0.2) is 29.0 Å². The second-order valence-electron chi connectivity index (χ2n) is 7.17. The van der Waals surface area contributed by atoms with Crippen molar-refractivity contribution in [1.29, 1.82) is 0 Å². The standard InChI is InChI=1S/C19H19Cl2N3O4/c1-19(2,14-5-6-28-24-14)18(27)22-9-10-7-12(20)16(13(21)8-10)11-3-4-15(25)23-17(11)26/h5-8,11H,3-4,9H2,1-2H3,(H,22,27)(H,23,25,26). The Morgan fingerprint density at radius 2 is 2.00 bits per heavy atom. The molecule has 1 saturated heterocycles. The lowest BCUT2D eigenvalue weighted by Gasteiger charge is -2.24. The number of rotatable bonds is 5. The minimum atomic E-state index is -0.868. The highest BCUT2D eigenvalue weighted by Gasteiger charge is 2.33. The Kier molecular flexibility index (Phi) is 5.76. The Bertz CT molecular complexity index is 902. The van der Waals surface area contributed by atoms with Gasteiger partial charge in [0.05, 0.1) is 17.0 Å². The zero-order chi connectivity index (χ0) is 20.5. The number of hydrogen-bond donors (Lipinski definition) is 2. The summed E-state index contributed by atoms with van der Waals surface area (Å²) in [5.74, 6) is -1.52. The normalized spacial score (nSPS) is 17.4. The zero-order valence-corrected chi connectivity index (χ0v) is 16.9. The van der Waals surface area contributed by atoms with Gasteiger partial charge in [0, 0.05) is 34.6 Å². The van der Waals surface area contributed by atoms with Crippen molar-refractivity contribution >= 4 is 40.9 Å². The quantitative estimate of drug-likeness (QED) is 0.719. The van der Waals surface area contributed by atoms with E-state index in [1.807, 2.05) is 0 Å². The van der Waals surface area contributed by atoms with Crippen molar-refractivity contribution in [2.24, 2.45) is 0 Å². The van der Waals surface area contributed by atoms with Gasteiger partial charge < -0.3 is 9.84 Å². The first kappa shape index (κ1) is 20.4. The SMILES string of the molecule is CC(C)(C(=O)NCc1cc(Cl)c(C2CCC(=O)NC2=O)c(Cl)c1)c1ccon1. The van der Waals surface area contributed by atoms with Crippen molar-refractivity contribution in [2.75, 3.05) is 0 Å². The number of nitrogens with zero attached hydrogens (tertiary/aromatic N) is 1. The van der Waals surface area contributed by atoms with Crippen LogP contribution in [0.1, 0.15) is 49.4 Å². The van der Waals surface area contributed by atoms with Gasteiger partial charge in [0.25, 0.3) is 0 Å². The lowest BCUT2D eigenvalue weighted by molar-refractivity contribution is -0.134. The van der Waals surface area contributed by atoms with E-state index in [4.69, 9.17) is 27.7 Å². The molecule has 2 N–H and O–H groups in total. The molecule has 148 valence electrons. The van der Waals surface area contributed by atoms with E-state index >= 15 is 0 Å². The number of amides is 3. The summed E-state index contributed by atoms with van der Waals surface area (Å²) in [5, 5.41) is 9.61. The second-order valence-corrected chi connectivity index (χ2v) is 7.98. The topological polar surface area (TPSA) is 101 Å². The molecular formula is C19H19Cl2N3O4. The van der Waals surface area contributed by atoms with Crippen LogP contribution in [0, 0.1) is 0 Å². The highest BCUT2D eigenvalue weighted by atomic mass is 35.5. The molecule has 2 aromatic rings. The molecular weight excluding hydrogens is 405 g/mol. The summed E-state index contributed by atoms with van der Waals surface area (Å²) >= 11 is 12.7. The maximum Gasteiger partial charge on any atom is 0.234 e.